The molecule has 5 nitrogen and oxygen atoms in total. The lowest BCUT2D eigenvalue weighted by atomic mass is 10.1. The minimum atomic E-state index is -0.746. The lowest BCUT2D eigenvalue weighted by molar-refractivity contribution is 0.0473. The molecule has 5 heteroatoms. The van der Waals surface area contributed by atoms with E-state index < -0.39 is 24.0 Å². The Morgan fingerprint density at radius 3 is 2.43 bits per heavy atom. The fraction of sp³-hybridized carbons (Fsp3) is 0.0556. The zero-order chi connectivity index (χ0) is 16.2. The summed E-state index contributed by atoms with van der Waals surface area (Å²) in [5.74, 6) is -1.22. The van der Waals surface area contributed by atoms with Gasteiger partial charge in [0, 0.05) is 5.39 Å². The molecule has 0 aliphatic rings. The molecule has 1 heterocycles. The predicted octanol–water partition coefficient (Wildman–Crippen LogP) is 2.83. The van der Waals surface area contributed by atoms with Crippen molar-refractivity contribution in [3.63, 3.8) is 0 Å². The van der Waals surface area contributed by atoms with E-state index in [-0.39, 0.29) is 5.56 Å². The first-order chi connectivity index (χ1) is 11.1. The second-order valence-corrected chi connectivity index (χ2v) is 4.85. The van der Waals surface area contributed by atoms with Crippen LogP contribution in [0.5, 0.6) is 0 Å². The van der Waals surface area contributed by atoms with Gasteiger partial charge >= 0.3 is 11.6 Å². The summed E-state index contributed by atoms with van der Waals surface area (Å²) in [5.41, 5.74) is -0.143. The number of Topliss-reactive ketones (excluding diaryl/α,β-unsaturated/α-hetero) is 1. The van der Waals surface area contributed by atoms with Crippen molar-refractivity contribution < 1.29 is 18.7 Å². The van der Waals surface area contributed by atoms with E-state index in [1.165, 1.54) is 6.07 Å². The summed E-state index contributed by atoms with van der Waals surface area (Å²) in [4.78, 5) is 35.8. The summed E-state index contributed by atoms with van der Waals surface area (Å²) < 4.78 is 10.0. The summed E-state index contributed by atoms with van der Waals surface area (Å²) in [6.45, 7) is -0.517. The normalized spacial score (nSPS) is 10.4. The van der Waals surface area contributed by atoms with Crippen molar-refractivity contribution in [2.75, 3.05) is 6.61 Å². The van der Waals surface area contributed by atoms with Crippen molar-refractivity contribution in [2.45, 2.75) is 0 Å². The van der Waals surface area contributed by atoms with Crippen molar-refractivity contribution in [1.82, 2.24) is 0 Å². The molecule has 0 saturated carbocycles. The lowest BCUT2D eigenvalue weighted by Crippen LogP contribution is -2.20. The Labute approximate surface area is 131 Å². The van der Waals surface area contributed by atoms with Gasteiger partial charge < -0.3 is 9.15 Å². The molecule has 0 radical (unpaired) electrons. The quantitative estimate of drug-likeness (QED) is 0.421. The number of para-hydroxylation sites is 1. The van der Waals surface area contributed by atoms with Gasteiger partial charge in [-0.05, 0) is 24.3 Å². The summed E-state index contributed by atoms with van der Waals surface area (Å²) >= 11 is 0. The summed E-state index contributed by atoms with van der Waals surface area (Å²) in [5, 5.41) is 0.629. The molecule has 0 N–H and O–H groups in total. The topological polar surface area (TPSA) is 73.6 Å². The zero-order valence-electron chi connectivity index (χ0n) is 12.0. The Balaban J connectivity index is 1.77. The number of carbonyl (C=O) groups excluding carboxylic acids is 2. The fourth-order valence-electron chi connectivity index (χ4n) is 2.12. The van der Waals surface area contributed by atoms with Gasteiger partial charge in [0.1, 0.15) is 11.1 Å². The van der Waals surface area contributed by atoms with Gasteiger partial charge in [-0.25, -0.2) is 9.59 Å². The van der Waals surface area contributed by atoms with Crippen molar-refractivity contribution in [2.24, 2.45) is 0 Å². The molecule has 3 aromatic rings. The van der Waals surface area contributed by atoms with Crippen LogP contribution >= 0.6 is 0 Å². The van der Waals surface area contributed by atoms with Gasteiger partial charge in [0.2, 0.25) is 5.78 Å². The fourth-order valence-corrected chi connectivity index (χ4v) is 2.12. The smallest absolute Gasteiger partial charge is 0.347 e. The van der Waals surface area contributed by atoms with Crippen molar-refractivity contribution in [3.8, 4) is 0 Å². The third-order valence-electron chi connectivity index (χ3n) is 3.29. The number of ether oxygens (including phenoxy) is 1. The first-order valence-electron chi connectivity index (χ1n) is 6.93. The SMILES string of the molecule is O=C(OCC(=O)c1cc2ccccc2oc1=O)c1ccccc1. The Kier molecular flexibility index (Phi) is 4.01. The number of fused-ring (bicyclic) bond motifs is 1. The number of benzene rings is 2. The predicted molar refractivity (Wildman–Crippen MR) is 83.5 cm³/mol. The second-order valence-electron chi connectivity index (χ2n) is 4.85. The minimum absolute atomic E-state index is 0.135. The molecule has 0 atom stereocenters. The third kappa shape index (κ3) is 3.18. The van der Waals surface area contributed by atoms with E-state index >= 15 is 0 Å². The first-order valence-corrected chi connectivity index (χ1v) is 6.93. The first kappa shape index (κ1) is 14.7. The second kappa shape index (κ2) is 6.27. The standard InChI is InChI=1S/C18H12O5/c19-15(11-22-17(20)12-6-2-1-3-7-12)14-10-13-8-4-5-9-16(13)23-18(14)21/h1-10H,11H2. The van der Waals surface area contributed by atoms with Gasteiger partial charge in [0.05, 0.1) is 5.56 Å². The van der Waals surface area contributed by atoms with Crippen LogP contribution < -0.4 is 5.63 Å². The summed E-state index contributed by atoms with van der Waals surface area (Å²) in [7, 11) is 0. The third-order valence-corrected chi connectivity index (χ3v) is 3.29. The Morgan fingerprint density at radius 2 is 1.65 bits per heavy atom. The minimum Gasteiger partial charge on any atom is -0.454 e. The maximum absolute atomic E-state index is 12.1. The van der Waals surface area contributed by atoms with Crippen LogP contribution in [0.15, 0.2) is 69.9 Å². The molecule has 3 rings (SSSR count). The molecule has 0 bridgehead atoms. The van der Waals surface area contributed by atoms with Crippen LogP contribution in [0, 0.1) is 0 Å². The molecule has 114 valence electrons. The Bertz CT molecular complexity index is 925. The van der Waals surface area contributed by atoms with Crippen LogP contribution in [0.25, 0.3) is 11.0 Å². The number of hydrogen-bond donors (Lipinski definition) is 0. The molecule has 2 aromatic carbocycles. The number of ketones is 1. The van der Waals surface area contributed by atoms with Crippen molar-refractivity contribution in [3.05, 3.63) is 82.2 Å². The maximum atomic E-state index is 12.1. The molecule has 0 aliphatic heterocycles. The van der Waals surface area contributed by atoms with Crippen molar-refractivity contribution in [1.29, 1.82) is 0 Å². The molecular weight excluding hydrogens is 296 g/mol. The highest BCUT2D eigenvalue weighted by molar-refractivity contribution is 6.00. The van der Waals surface area contributed by atoms with E-state index in [9.17, 15) is 14.4 Å². The van der Waals surface area contributed by atoms with Gasteiger partial charge in [-0.15, -0.1) is 0 Å². The van der Waals surface area contributed by atoms with E-state index in [1.807, 2.05) is 0 Å². The van der Waals surface area contributed by atoms with Crippen LogP contribution in [-0.2, 0) is 4.74 Å². The molecule has 23 heavy (non-hydrogen) atoms. The van der Waals surface area contributed by atoms with E-state index in [4.69, 9.17) is 9.15 Å². The van der Waals surface area contributed by atoms with Crippen LogP contribution in [-0.4, -0.2) is 18.4 Å². The molecule has 0 unspecified atom stereocenters. The van der Waals surface area contributed by atoms with Crippen LogP contribution in [0.1, 0.15) is 20.7 Å². The molecule has 0 fully saturated rings. The number of rotatable bonds is 4. The largest absolute Gasteiger partial charge is 0.454 e. The molecule has 0 aliphatic carbocycles. The number of hydrogen-bond acceptors (Lipinski definition) is 5. The molecule has 0 saturated heterocycles. The monoisotopic (exact) mass is 308 g/mol. The molecule has 0 spiro atoms. The van der Waals surface area contributed by atoms with Crippen LogP contribution in [0.2, 0.25) is 0 Å². The number of esters is 1. The highest BCUT2D eigenvalue weighted by Gasteiger charge is 2.16. The Morgan fingerprint density at radius 1 is 0.957 bits per heavy atom. The van der Waals surface area contributed by atoms with E-state index in [0.717, 1.165) is 0 Å². The average Bonchev–Trinajstić information content (AvgIpc) is 2.59. The van der Waals surface area contributed by atoms with E-state index in [0.29, 0.717) is 16.5 Å². The Hall–Kier alpha value is -3.21. The molecular formula is C18H12O5. The van der Waals surface area contributed by atoms with Gasteiger partial charge in [-0.3, -0.25) is 4.79 Å². The highest BCUT2D eigenvalue weighted by Crippen LogP contribution is 2.13. The highest BCUT2D eigenvalue weighted by atomic mass is 16.5. The molecule has 1 aromatic heterocycles. The summed E-state index contributed by atoms with van der Waals surface area (Å²) in [6.07, 6.45) is 0. The summed E-state index contributed by atoms with van der Waals surface area (Å²) in [6, 6.07) is 16.6. The van der Waals surface area contributed by atoms with Gasteiger partial charge in [-0.1, -0.05) is 36.4 Å². The zero-order valence-corrected chi connectivity index (χ0v) is 12.0. The van der Waals surface area contributed by atoms with Crippen LogP contribution in [0.3, 0.4) is 0 Å². The average molecular weight is 308 g/mol. The number of carbonyl (C=O) groups is 2. The van der Waals surface area contributed by atoms with E-state index in [2.05, 4.69) is 0 Å². The van der Waals surface area contributed by atoms with Crippen LogP contribution in [0.4, 0.5) is 0 Å². The maximum Gasteiger partial charge on any atom is 0.347 e. The van der Waals surface area contributed by atoms with Crippen molar-refractivity contribution >= 4 is 22.7 Å². The van der Waals surface area contributed by atoms with Gasteiger partial charge in [0.15, 0.2) is 6.61 Å². The van der Waals surface area contributed by atoms with E-state index in [1.54, 1.807) is 54.6 Å². The van der Waals surface area contributed by atoms with Gasteiger partial charge in [0.25, 0.3) is 0 Å². The van der Waals surface area contributed by atoms with Gasteiger partial charge in [-0.2, -0.15) is 0 Å². The lowest BCUT2D eigenvalue weighted by Gasteiger charge is -2.04. The molecule has 0 amide bonds.